The number of aliphatic hydroxyl groups is 1. The molecule has 1 saturated carbocycles. The Bertz CT molecular complexity index is 611. The molecule has 1 aliphatic heterocycles. The van der Waals surface area contributed by atoms with Gasteiger partial charge in [0.15, 0.2) is 0 Å². The molecule has 0 radical (unpaired) electrons. The standard InChI is InChI=1S/C22H32N2O3/c1-3-22(11-5-4-6-12-22)27-18-20(25)17-23-13-15-24(16-14-23)19-7-9-21(26-2)10-8-19/h1,7-10,20,25H,4-6,11-18H2,2H3/t20-/m1/s1. The van der Waals surface area contributed by atoms with Gasteiger partial charge in [0, 0.05) is 38.4 Å². The van der Waals surface area contributed by atoms with Crippen LogP contribution in [0.3, 0.4) is 0 Å². The number of methoxy groups -OCH3 is 1. The van der Waals surface area contributed by atoms with Crippen molar-refractivity contribution >= 4 is 5.69 Å². The predicted molar refractivity (Wildman–Crippen MR) is 108 cm³/mol. The van der Waals surface area contributed by atoms with Crippen LogP contribution in [0.1, 0.15) is 32.1 Å². The van der Waals surface area contributed by atoms with Crippen molar-refractivity contribution in [1.82, 2.24) is 4.90 Å². The van der Waals surface area contributed by atoms with Crippen molar-refractivity contribution in [2.45, 2.75) is 43.8 Å². The molecule has 1 aromatic rings. The average Bonchev–Trinajstić information content (AvgIpc) is 2.74. The van der Waals surface area contributed by atoms with E-state index in [4.69, 9.17) is 15.9 Å². The summed E-state index contributed by atoms with van der Waals surface area (Å²) in [7, 11) is 1.68. The van der Waals surface area contributed by atoms with E-state index in [1.165, 1.54) is 12.1 Å². The number of aliphatic hydroxyl groups excluding tert-OH is 1. The van der Waals surface area contributed by atoms with Crippen molar-refractivity contribution in [3.8, 4) is 18.1 Å². The molecule has 2 fully saturated rings. The SMILES string of the molecule is C#CC1(OC[C@H](O)CN2CCN(c3ccc(OC)cc3)CC2)CCCCC1. The van der Waals surface area contributed by atoms with Crippen LogP contribution < -0.4 is 9.64 Å². The van der Waals surface area contributed by atoms with Gasteiger partial charge in [-0.25, -0.2) is 0 Å². The van der Waals surface area contributed by atoms with Crippen LogP contribution in [0.25, 0.3) is 0 Å². The fraction of sp³-hybridized carbons (Fsp3) is 0.636. The summed E-state index contributed by atoms with van der Waals surface area (Å²) >= 11 is 0. The fourth-order valence-electron chi connectivity index (χ4n) is 4.04. The minimum absolute atomic E-state index is 0.322. The van der Waals surface area contributed by atoms with E-state index in [9.17, 15) is 5.11 Å². The van der Waals surface area contributed by atoms with Crippen LogP contribution in [0.15, 0.2) is 24.3 Å². The molecule has 1 heterocycles. The van der Waals surface area contributed by atoms with E-state index >= 15 is 0 Å². The van der Waals surface area contributed by atoms with Crippen LogP contribution in [0, 0.1) is 12.3 Å². The molecule has 5 heteroatoms. The molecule has 0 bridgehead atoms. The Morgan fingerprint density at radius 3 is 2.37 bits per heavy atom. The number of hydrogen-bond donors (Lipinski definition) is 1. The van der Waals surface area contributed by atoms with Crippen LogP contribution in [0.4, 0.5) is 5.69 Å². The van der Waals surface area contributed by atoms with Gasteiger partial charge in [-0.05, 0) is 49.9 Å². The maximum Gasteiger partial charge on any atom is 0.128 e. The van der Waals surface area contributed by atoms with Gasteiger partial charge in [-0.15, -0.1) is 6.42 Å². The Kier molecular flexibility index (Phi) is 7.01. The predicted octanol–water partition coefficient (Wildman–Crippen LogP) is 2.53. The maximum atomic E-state index is 10.4. The molecule has 1 aromatic carbocycles. The summed E-state index contributed by atoms with van der Waals surface area (Å²) in [6.07, 6.45) is 10.5. The first-order chi connectivity index (χ1) is 13.1. The Balaban J connectivity index is 1.41. The van der Waals surface area contributed by atoms with Crippen molar-refractivity contribution in [2.75, 3.05) is 51.3 Å². The molecule has 1 N–H and O–H groups in total. The normalized spacial score (nSPS) is 21.4. The highest BCUT2D eigenvalue weighted by Crippen LogP contribution is 2.31. The third kappa shape index (κ3) is 5.38. The summed E-state index contributed by atoms with van der Waals surface area (Å²) in [5, 5.41) is 10.4. The molecule has 1 aliphatic carbocycles. The van der Waals surface area contributed by atoms with Gasteiger partial charge in [0.25, 0.3) is 0 Å². The number of hydrogen-bond acceptors (Lipinski definition) is 5. The van der Waals surface area contributed by atoms with Crippen LogP contribution in [-0.2, 0) is 4.74 Å². The topological polar surface area (TPSA) is 45.2 Å². The lowest BCUT2D eigenvalue weighted by atomic mass is 9.85. The van der Waals surface area contributed by atoms with E-state index < -0.39 is 11.7 Å². The first kappa shape index (κ1) is 20.0. The van der Waals surface area contributed by atoms with E-state index in [1.54, 1.807) is 7.11 Å². The first-order valence-electron chi connectivity index (χ1n) is 10.1. The summed E-state index contributed by atoms with van der Waals surface area (Å²) in [6.45, 7) is 4.73. The van der Waals surface area contributed by atoms with Crippen molar-refractivity contribution in [3.63, 3.8) is 0 Å². The van der Waals surface area contributed by atoms with Crippen molar-refractivity contribution in [1.29, 1.82) is 0 Å². The Morgan fingerprint density at radius 2 is 1.78 bits per heavy atom. The average molecular weight is 373 g/mol. The number of terminal acetylenes is 1. The quantitative estimate of drug-likeness (QED) is 0.745. The van der Waals surface area contributed by atoms with Gasteiger partial charge in [-0.1, -0.05) is 12.3 Å². The second kappa shape index (κ2) is 9.45. The summed E-state index contributed by atoms with van der Waals surface area (Å²) in [5.41, 5.74) is 0.763. The van der Waals surface area contributed by atoms with Gasteiger partial charge in [0.05, 0.1) is 19.8 Å². The molecule has 0 unspecified atom stereocenters. The van der Waals surface area contributed by atoms with Crippen LogP contribution >= 0.6 is 0 Å². The number of ether oxygens (including phenoxy) is 2. The van der Waals surface area contributed by atoms with Crippen molar-refractivity contribution in [3.05, 3.63) is 24.3 Å². The first-order valence-corrected chi connectivity index (χ1v) is 10.1. The zero-order valence-corrected chi connectivity index (χ0v) is 16.4. The summed E-state index contributed by atoms with van der Waals surface area (Å²) in [6, 6.07) is 8.19. The maximum absolute atomic E-state index is 10.4. The van der Waals surface area contributed by atoms with E-state index in [0.29, 0.717) is 13.2 Å². The zero-order valence-electron chi connectivity index (χ0n) is 16.4. The molecule has 0 amide bonds. The minimum Gasteiger partial charge on any atom is -0.497 e. The monoisotopic (exact) mass is 372 g/mol. The van der Waals surface area contributed by atoms with E-state index in [0.717, 1.165) is 57.6 Å². The molecular formula is C22H32N2O3. The van der Waals surface area contributed by atoms with Crippen LogP contribution in [-0.4, -0.2) is 68.2 Å². The van der Waals surface area contributed by atoms with Gasteiger partial charge in [-0.3, -0.25) is 4.90 Å². The lowest BCUT2D eigenvalue weighted by Gasteiger charge is -2.37. The molecule has 3 rings (SSSR count). The lowest BCUT2D eigenvalue weighted by molar-refractivity contribution is -0.0698. The second-order valence-electron chi connectivity index (χ2n) is 7.65. The van der Waals surface area contributed by atoms with Gasteiger partial charge < -0.3 is 19.5 Å². The molecule has 0 spiro atoms. The molecule has 2 aliphatic rings. The van der Waals surface area contributed by atoms with Gasteiger partial charge in [0.1, 0.15) is 11.4 Å². The number of anilines is 1. The van der Waals surface area contributed by atoms with Crippen LogP contribution in [0.5, 0.6) is 5.75 Å². The van der Waals surface area contributed by atoms with E-state index in [2.05, 4.69) is 27.9 Å². The van der Waals surface area contributed by atoms with E-state index in [-0.39, 0.29) is 0 Å². The third-order valence-electron chi connectivity index (χ3n) is 5.76. The highest BCUT2D eigenvalue weighted by Gasteiger charge is 2.31. The molecule has 1 atom stereocenters. The molecule has 5 nitrogen and oxygen atoms in total. The Hall–Kier alpha value is -1.74. The molecule has 0 aromatic heterocycles. The van der Waals surface area contributed by atoms with Crippen molar-refractivity contribution in [2.24, 2.45) is 0 Å². The lowest BCUT2D eigenvalue weighted by Crippen LogP contribution is -2.49. The van der Waals surface area contributed by atoms with Gasteiger partial charge in [-0.2, -0.15) is 0 Å². The smallest absolute Gasteiger partial charge is 0.128 e. The molecule has 1 saturated heterocycles. The van der Waals surface area contributed by atoms with Crippen molar-refractivity contribution < 1.29 is 14.6 Å². The summed E-state index contributed by atoms with van der Waals surface area (Å²) in [4.78, 5) is 4.67. The highest BCUT2D eigenvalue weighted by atomic mass is 16.5. The number of piperazine rings is 1. The largest absolute Gasteiger partial charge is 0.497 e. The third-order valence-corrected chi connectivity index (χ3v) is 5.76. The number of benzene rings is 1. The second-order valence-corrected chi connectivity index (χ2v) is 7.65. The summed E-state index contributed by atoms with van der Waals surface area (Å²) < 4.78 is 11.2. The molecule has 148 valence electrons. The Labute approximate surface area is 163 Å². The highest BCUT2D eigenvalue weighted by molar-refractivity contribution is 5.49. The molecule has 27 heavy (non-hydrogen) atoms. The van der Waals surface area contributed by atoms with Gasteiger partial charge in [0.2, 0.25) is 0 Å². The summed E-state index contributed by atoms with van der Waals surface area (Å²) in [5.74, 6) is 3.72. The Morgan fingerprint density at radius 1 is 1.11 bits per heavy atom. The van der Waals surface area contributed by atoms with Crippen LogP contribution in [0.2, 0.25) is 0 Å². The fourth-order valence-corrected chi connectivity index (χ4v) is 4.04. The molecular weight excluding hydrogens is 340 g/mol. The zero-order chi connectivity index (χ0) is 19.1. The number of β-amino-alcohol motifs (C(OH)–C–C–N with tert-alkyl or cyclic N) is 1. The van der Waals surface area contributed by atoms with Gasteiger partial charge >= 0.3 is 0 Å². The number of rotatable bonds is 7. The number of nitrogens with zero attached hydrogens (tertiary/aromatic N) is 2. The minimum atomic E-state index is -0.496. The van der Waals surface area contributed by atoms with E-state index in [1.807, 2.05) is 12.1 Å².